The monoisotopic (exact) mass is 267 g/mol. The second kappa shape index (κ2) is 4.19. The lowest BCUT2D eigenvalue weighted by atomic mass is 10.1. The summed E-state index contributed by atoms with van der Waals surface area (Å²) in [4.78, 5) is 14.2. The van der Waals surface area contributed by atoms with Crippen molar-refractivity contribution in [1.82, 2.24) is 24.3 Å². The number of hydrogen-bond donors (Lipinski definition) is 0. The summed E-state index contributed by atoms with van der Waals surface area (Å²) in [6.07, 6.45) is 7.31. The summed E-state index contributed by atoms with van der Waals surface area (Å²) in [7, 11) is 0. The van der Waals surface area contributed by atoms with Gasteiger partial charge in [-0.2, -0.15) is 0 Å². The number of aromatic nitrogens is 4. The van der Waals surface area contributed by atoms with Crippen LogP contribution in [0.2, 0.25) is 0 Å². The number of nitrogens with zero attached hydrogens (tertiary/aromatic N) is 5. The molecule has 0 bridgehead atoms. The van der Waals surface area contributed by atoms with E-state index in [0.29, 0.717) is 13.1 Å². The number of fused-ring (bicyclic) bond motifs is 1. The van der Waals surface area contributed by atoms with Crippen LogP contribution >= 0.6 is 0 Å². The van der Waals surface area contributed by atoms with E-state index < -0.39 is 0 Å². The van der Waals surface area contributed by atoms with Crippen LogP contribution in [0.5, 0.6) is 0 Å². The molecule has 3 aromatic heterocycles. The molecule has 0 unspecified atom stereocenters. The molecule has 0 saturated carbocycles. The lowest BCUT2D eigenvalue weighted by molar-refractivity contribution is 0.0498. The molecule has 0 atom stereocenters. The third-order valence-corrected chi connectivity index (χ3v) is 3.72. The minimum Gasteiger partial charge on any atom is -0.334 e. The van der Waals surface area contributed by atoms with Crippen molar-refractivity contribution in [3.8, 4) is 0 Å². The number of amides is 1. The molecule has 1 fully saturated rings. The fourth-order valence-corrected chi connectivity index (χ4v) is 2.56. The fraction of sp³-hybridized carbons (Fsp3) is 0.214. The third-order valence-electron chi connectivity index (χ3n) is 3.72. The second-order valence-corrected chi connectivity index (χ2v) is 5.01. The fourth-order valence-electron chi connectivity index (χ4n) is 2.56. The van der Waals surface area contributed by atoms with Crippen LogP contribution in [0.4, 0.5) is 0 Å². The van der Waals surface area contributed by atoms with Crippen molar-refractivity contribution in [2.75, 3.05) is 13.1 Å². The summed E-state index contributed by atoms with van der Waals surface area (Å²) in [6, 6.07) is 8.08. The highest BCUT2D eigenvalue weighted by molar-refractivity contribution is 5.96. The van der Waals surface area contributed by atoms with Crippen LogP contribution in [0.25, 0.3) is 5.52 Å². The Kier molecular flexibility index (Phi) is 2.35. The van der Waals surface area contributed by atoms with E-state index in [1.54, 1.807) is 10.9 Å². The number of rotatable bonds is 2. The van der Waals surface area contributed by atoms with Gasteiger partial charge in [0.2, 0.25) is 0 Å². The molecule has 0 aliphatic carbocycles. The molecule has 4 heterocycles. The Bertz CT molecular complexity index is 722. The maximum atomic E-state index is 12.4. The molecule has 6 heteroatoms. The Morgan fingerprint density at radius 1 is 1.25 bits per heavy atom. The van der Waals surface area contributed by atoms with Gasteiger partial charge < -0.3 is 9.30 Å². The predicted octanol–water partition coefficient (Wildman–Crippen LogP) is 1.23. The predicted molar refractivity (Wildman–Crippen MR) is 72.4 cm³/mol. The maximum Gasteiger partial charge on any atom is 0.255 e. The first kappa shape index (κ1) is 11.2. The van der Waals surface area contributed by atoms with Gasteiger partial charge in [-0.3, -0.25) is 4.79 Å². The van der Waals surface area contributed by atoms with Crippen molar-refractivity contribution in [2.45, 2.75) is 6.04 Å². The molecule has 1 saturated heterocycles. The van der Waals surface area contributed by atoms with Crippen LogP contribution in [0.1, 0.15) is 16.4 Å². The summed E-state index contributed by atoms with van der Waals surface area (Å²) in [5, 5.41) is 7.75. The first-order valence-electron chi connectivity index (χ1n) is 6.53. The lowest BCUT2D eigenvalue weighted by Crippen LogP contribution is -2.50. The zero-order valence-corrected chi connectivity index (χ0v) is 10.8. The summed E-state index contributed by atoms with van der Waals surface area (Å²) in [6.45, 7) is 1.38. The van der Waals surface area contributed by atoms with E-state index in [-0.39, 0.29) is 11.9 Å². The van der Waals surface area contributed by atoms with Crippen molar-refractivity contribution in [3.63, 3.8) is 0 Å². The van der Waals surface area contributed by atoms with Gasteiger partial charge in [-0.1, -0.05) is 11.3 Å². The van der Waals surface area contributed by atoms with Crippen LogP contribution in [0.3, 0.4) is 0 Å². The minimum atomic E-state index is 0.0741. The molecule has 1 aliphatic heterocycles. The van der Waals surface area contributed by atoms with Crippen LogP contribution in [0, 0.1) is 0 Å². The van der Waals surface area contributed by atoms with Gasteiger partial charge in [0.1, 0.15) is 0 Å². The molecule has 1 amide bonds. The first-order chi connectivity index (χ1) is 9.81. The Hall–Kier alpha value is -2.63. The van der Waals surface area contributed by atoms with Gasteiger partial charge in [0.25, 0.3) is 5.91 Å². The Labute approximate surface area is 115 Å². The molecule has 6 nitrogen and oxygen atoms in total. The standard InChI is InChI=1S/C14H13N5O/c20-14(11-7-12-3-1-2-5-17(12)8-11)18-9-13(10-18)19-6-4-15-16-19/h1-8,13H,9-10H2. The van der Waals surface area contributed by atoms with Gasteiger partial charge in [-0.15, -0.1) is 5.10 Å². The zero-order valence-electron chi connectivity index (χ0n) is 10.8. The van der Waals surface area contributed by atoms with Gasteiger partial charge in [-0.05, 0) is 18.2 Å². The molecule has 100 valence electrons. The van der Waals surface area contributed by atoms with Gasteiger partial charge in [0.05, 0.1) is 17.8 Å². The topological polar surface area (TPSA) is 55.4 Å². The van der Waals surface area contributed by atoms with Crippen LogP contribution in [-0.2, 0) is 0 Å². The molecular weight excluding hydrogens is 254 g/mol. The zero-order chi connectivity index (χ0) is 13.5. The average molecular weight is 267 g/mol. The average Bonchev–Trinajstić information content (AvgIpc) is 3.05. The van der Waals surface area contributed by atoms with Crippen molar-refractivity contribution >= 4 is 11.4 Å². The Balaban J connectivity index is 1.51. The molecule has 0 aromatic carbocycles. The summed E-state index contributed by atoms with van der Waals surface area (Å²) < 4.78 is 3.77. The van der Waals surface area contributed by atoms with E-state index >= 15 is 0 Å². The molecule has 0 radical (unpaired) electrons. The van der Waals surface area contributed by atoms with Crippen LogP contribution < -0.4 is 0 Å². The van der Waals surface area contributed by atoms with E-state index in [2.05, 4.69) is 10.3 Å². The van der Waals surface area contributed by atoms with Gasteiger partial charge in [-0.25, -0.2) is 4.68 Å². The highest BCUT2D eigenvalue weighted by atomic mass is 16.2. The molecule has 0 spiro atoms. The molecule has 1 aliphatic rings. The number of carbonyl (C=O) groups excluding carboxylic acids is 1. The molecule has 3 aromatic rings. The SMILES string of the molecule is O=C(c1cc2ccccn2c1)N1CC(n2ccnn2)C1. The van der Waals surface area contributed by atoms with Gasteiger partial charge in [0, 0.05) is 37.2 Å². The van der Waals surface area contributed by atoms with E-state index in [9.17, 15) is 4.79 Å². The summed E-state index contributed by atoms with van der Waals surface area (Å²) in [5.41, 5.74) is 1.76. The minimum absolute atomic E-state index is 0.0741. The smallest absolute Gasteiger partial charge is 0.255 e. The lowest BCUT2D eigenvalue weighted by Gasteiger charge is -2.38. The van der Waals surface area contributed by atoms with Crippen molar-refractivity contribution < 1.29 is 4.79 Å². The normalized spacial score (nSPS) is 15.5. The van der Waals surface area contributed by atoms with Crippen molar-refractivity contribution in [2.24, 2.45) is 0 Å². The van der Waals surface area contributed by atoms with E-state index in [0.717, 1.165) is 11.1 Å². The largest absolute Gasteiger partial charge is 0.334 e. The number of likely N-dealkylation sites (tertiary alicyclic amines) is 1. The highest BCUT2D eigenvalue weighted by Gasteiger charge is 2.33. The first-order valence-corrected chi connectivity index (χ1v) is 6.53. The van der Waals surface area contributed by atoms with E-state index in [1.165, 1.54) is 0 Å². The van der Waals surface area contributed by atoms with Crippen molar-refractivity contribution in [3.05, 3.63) is 54.6 Å². The molecular formula is C14H13N5O. The molecule has 20 heavy (non-hydrogen) atoms. The van der Waals surface area contributed by atoms with Crippen LogP contribution in [-0.4, -0.2) is 43.3 Å². The highest BCUT2D eigenvalue weighted by Crippen LogP contribution is 2.23. The Morgan fingerprint density at radius 3 is 2.90 bits per heavy atom. The third kappa shape index (κ3) is 1.69. The quantitative estimate of drug-likeness (QED) is 0.701. The number of hydrogen-bond acceptors (Lipinski definition) is 3. The van der Waals surface area contributed by atoms with Crippen LogP contribution in [0.15, 0.2) is 49.1 Å². The van der Waals surface area contributed by atoms with E-state index in [4.69, 9.17) is 0 Å². The van der Waals surface area contributed by atoms with Gasteiger partial charge >= 0.3 is 0 Å². The van der Waals surface area contributed by atoms with E-state index in [1.807, 2.05) is 52.2 Å². The second-order valence-electron chi connectivity index (χ2n) is 5.01. The molecule has 0 N–H and O–H groups in total. The summed E-state index contributed by atoms with van der Waals surface area (Å²) >= 11 is 0. The molecule has 4 rings (SSSR count). The Morgan fingerprint density at radius 2 is 2.15 bits per heavy atom. The summed E-state index contributed by atoms with van der Waals surface area (Å²) in [5.74, 6) is 0.0741. The van der Waals surface area contributed by atoms with Gasteiger partial charge in [0.15, 0.2) is 0 Å². The number of pyridine rings is 1. The van der Waals surface area contributed by atoms with Crippen molar-refractivity contribution in [1.29, 1.82) is 0 Å². The maximum absolute atomic E-state index is 12.4. The number of carbonyl (C=O) groups is 1.